The molecule has 0 bridgehead atoms. The number of thioether (sulfide) groups is 1. The molecule has 1 aliphatic carbocycles. The Kier molecular flexibility index (Phi) is 3.78. The lowest BCUT2D eigenvalue weighted by Crippen LogP contribution is -2.32. The standard InChI is InChI=1S/C21H21N3OS/c1-2-8-22-20-18-14-6-7-16(24-9-11-26-12-10-24)13-4-3-5-15(17(13)14)19(18)23-21(20)25/h3-7H,2,8-12H2,1H3,(H,22,23,25). The zero-order chi connectivity index (χ0) is 17.7. The minimum Gasteiger partial charge on any atom is -0.369 e. The van der Waals surface area contributed by atoms with Gasteiger partial charge in [0, 0.05) is 58.7 Å². The van der Waals surface area contributed by atoms with Crippen molar-refractivity contribution in [3.05, 3.63) is 41.5 Å². The van der Waals surface area contributed by atoms with Gasteiger partial charge in [-0.05, 0) is 18.1 Å². The zero-order valence-corrected chi connectivity index (χ0v) is 15.7. The topological polar surface area (TPSA) is 44.7 Å². The number of rotatable bonds is 3. The van der Waals surface area contributed by atoms with E-state index >= 15 is 0 Å². The lowest BCUT2D eigenvalue weighted by molar-refractivity contribution is -0.113. The van der Waals surface area contributed by atoms with Crippen molar-refractivity contribution in [3.63, 3.8) is 0 Å². The maximum absolute atomic E-state index is 12.4. The van der Waals surface area contributed by atoms with Crippen LogP contribution in [0.25, 0.3) is 22.0 Å². The van der Waals surface area contributed by atoms with Gasteiger partial charge in [0.1, 0.15) is 5.71 Å². The van der Waals surface area contributed by atoms with E-state index in [1.807, 2.05) is 11.8 Å². The number of hydrogen-bond donors (Lipinski definition) is 1. The van der Waals surface area contributed by atoms with Crippen molar-refractivity contribution in [2.24, 2.45) is 4.99 Å². The second-order valence-corrected chi connectivity index (χ2v) is 8.12. The fourth-order valence-electron chi connectivity index (χ4n) is 4.19. The predicted molar refractivity (Wildman–Crippen MR) is 111 cm³/mol. The largest absolute Gasteiger partial charge is 0.369 e. The highest BCUT2D eigenvalue weighted by atomic mass is 32.2. The minimum absolute atomic E-state index is 0.0664. The summed E-state index contributed by atoms with van der Waals surface area (Å²) in [6.07, 6.45) is 0.938. The number of anilines is 1. The first-order valence-electron chi connectivity index (χ1n) is 9.29. The molecule has 2 aromatic carbocycles. The van der Waals surface area contributed by atoms with E-state index in [1.165, 1.54) is 28.0 Å². The molecule has 1 N–H and O–H groups in total. The lowest BCUT2D eigenvalue weighted by Gasteiger charge is -2.30. The quantitative estimate of drug-likeness (QED) is 0.907. The van der Waals surface area contributed by atoms with E-state index in [0.717, 1.165) is 41.9 Å². The number of carbonyl (C=O) groups excluding carboxylic acids is 1. The van der Waals surface area contributed by atoms with Crippen LogP contribution in [0.2, 0.25) is 0 Å². The van der Waals surface area contributed by atoms with Gasteiger partial charge < -0.3 is 10.2 Å². The molecule has 3 aliphatic rings. The van der Waals surface area contributed by atoms with Gasteiger partial charge in [-0.15, -0.1) is 0 Å². The fraction of sp³-hybridized carbons (Fsp3) is 0.333. The molecule has 1 fully saturated rings. The van der Waals surface area contributed by atoms with Crippen LogP contribution in [0, 0.1) is 0 Å². The van der Waals surface area contributed by atoms with E-state index in [0.29, 0.717) is 12.3 Å². The molecular formula is C21H21N3OS. The van der Waals surface area contributed by atoms with Crippen molar-refractivity contribution in [2.75, 3.05) is 36.0 Å². The van der Waals surface area contributed by atoms with E-state index < -0.39 is 0 Å². The molecule has 0 unspecified atom stereocenters. The first-order chi connectivity index (χ1) is 12.8. The molecule has 4 nitrogen and oxygen atoms in total. The molecule has 1 saturated heterocycles. The maximum Gasteiger partial charge on any atom is 0.274 e. The minimum atomic E-state index is -0.0664. The van der Waals surface area contributed by atoms with Crippen molar-refractivity contribution in [1.29, 1.82) is 0 Å². The van der Waals surface area contributed by atoms with Gasteiger partial charge in [-0.25, -0.2) is 0 Å². The summed E-state index contributed by atoms with van der Waals surface area (Å²) in [5.74, 6) is 2.30. The second-order valence-electron chi connectivity index (χ2n) is 6.89. The summed E-state index contributed by atoms with van der Waals surface area (Å²) in [5.41, 5.74) is 6.13. The first kappa shape index (κ1) is 15.9. The van der Waals surface area contributed by atoms with Gasteiger partial charge in [0.15, 0.2) is 0 Å². The summed E-state index contributed by atoms with van der Waals surface area (Å²) in [7, 11) is 0. The molecule has 2 aromatic rings. The Morgan fingerprint density at radius 2 is 2.00 bits per heavy atom. The van der Waals surface area contributed by atoms with Crippen molar-refractivity contribution >= 4 is 51.1 Å². The van der Waals surface area contributed by atoms with Crippen LogP contribution >= 0.6 is 11.8 Å². The molecule has 0 atom stereocenters. The molecule has 5 heteroatoms. The number of amides is 1. The number of carbonyl (C=O) groups is 1. The number of nitrogens with one attached hydrogen (secondary N) is 1. The molecule has 0 saturated carbocycles. The Morgan fingerprint density at radius 3 is 2.81 bits per heavy atom. The van der Waals surface area contributed by atoms with Crippen LogP contribution in [-0.4, -0.2) is 42.8 Å². The molecule has 1 amide bonds. The Morgan fingerprint density at radius 1 is 1.15 bits per heavy atom. The molecule has 2 heterocycles. The molecule has 132 valence electrons. The normalized spacial score (nSPS) is 20.3. The van der Waals surface area contributed by atoms with Gasteiger partial charge in [0.25, 0.3) is 5.91 Å². The molecular weight excluding hydrogens is 342 g/mol. The Hall–Kier alpha value is -2.27. The van der Waals surface area contributed by atoms with Gasteiger partial charge in [-0.3, -0.25) is 9.79 Å². The van der Waals surface area contributed by atoms with E-state index in [2.05, 4.69) is 52.5 Å². The van der Waals surface area contributed by atoms with Gasteiger partial charge >= 0.3 is 0 Å². The van der Waals surface area contributed by atoms with Crippen molar-refractivity contribution in [2.45, 2.75) is 13.3 Å². The molecule has 0 radical (unpaired) electrons. The van der Waals surface area contributed by atoms with E-state index in [9.17, 15) is 4.79 Å². The Labute approximate surface area is 157 Å². The third kappa shape index (κ3) is 2.23. The smallest absolute Gasteiger partial charge is 0.274 e. The summed E-state index contributed by atoms with van der Waals surface area (Å²) in [4.78, 5) is 19.5. The summed E-state index contributed by atoms with van der Waals surface area (Å²) >= 11 is 2.03. The summed E-state index contributed by atoms with van der Waals surface area (Å²) < 4.78 is 0. The van der Waals surface area contributed by atoms with Crippen molar-refractivity contribution < 1.29 is 4.79 Å². The van der Waals surface area contributed by atoms with Crippen LogP contribution in [-0.2, 0) is 4.79 Å². The van der Waals surface area contributed by atoms with Gasteiger partial charge in [-0.2, -0.15) is 11.8 Å². The number of hydrogen-bond acceptors (Lipinski definition) is 4. The van der Waals surface area contributed by atoms with Gasteiger partial charge in [-0.1, -0.05) is 31.2 Å². The Bertz CT molecular complexity index is 986. The molecule has 26 heavy (non-hydrogen) atoms. The molecule has 5 rings (SSSR count). The number of aliphatic imine (C=N–C) groups is 1. The summed E-state index contributed by atoms with van der Waals surface area (Å²) in [6.45, 7) is 4.95. The van der Waals surface area contributed by atoms with Crippen LogP contribution in [0.5, 0.6) is 0 Å². The van der Waals surface area contributed by atoms with E-state index in [1.54, 1.807) is 0 Å². The van der Waals surface area contributed by atoms with Gasteiger partial charge in [0.2, 0.25) is 0 Å². The number of benzene rings is 2. The maximum atomic E-state index is 12.4. The zero-order valence-electron chi connectivity index (χ0n) is 14.8. The van der Waals surface area contributed by atoms with Crippen LogP contribution in [0.1, 0.15) is 24.5 Å². The molecule has 0 aromatic heterocycles. The SMILES string of the molecule is CCCN=C1C(=O)NC2=C1c1ccc(N3CCSCC3)c3cccc2c13. The summed E-state index contributed by atoms with van der Waals surface area (Å²) in [6, 6.07) is 10.9. The average Bonchev–Trinajstić information content (AvgIpc) is 3.17. The van der Waals surface area contributed by atoms with Crippen LogP contribution < -0.4 is 10.2 Å². The van der Waals surface area contributed by atoms with Gasteiger partial charge in [0.05, 0.1) is 5.70 Å². The first-order valence-corrected chi connectivity index (χ1v) is 10.4. The highest BCUT2D eigenvalue weighted by molar-refractivity contribution is 7.99. The van der Waals surface area contributed by atoms with Crippen LogP contribution in [0.3, 0.4) is 0 Å². The summed E-state index contributed by atoms with van der Waals surface area (Å²) in [5, 5.41) is 5.62. The number of fused-ring (bicyclic) bond motifs is 2. The van der Waals surface area contributed by atoms with E-state index in [4.69, 9.17) is 0 Å². The van der Waals surface area contributed by atoms with Crippen molar-refractivity contribution in [1.82, 2.24) is 5.32 Å². The third-order valence-electron chi connectivity index (χ3n) is 5.34. The molecule has 2 aliphatic heterocycles. The number of nitrogens with zero attached hydrogens (tertiary/aromatic N) is 2. The van der Waals surface area contributed by atoms with Crippen LogP contribution in [0.4, 0.5) is 5.69 Å². The van der Waals surface area contributed by atoms with E-state index in [-0.39, 0.29) is 5.91 Å². The Balaban J connectivity index is 1.68. The lowest BCUT2D eigenvalue weighted by atomic mass is 9.98. The monoisotopic (exact) mass is 363 g/mol. The third-order valence-corrected chi connectivity index (χ3v) is 6.28. The average molecular weight is 363 g/mol. The van der Waals surface area contributed by atoms with Crippen LogP contribution in [0.15, 0.2) is 35.3 Å². The molecule has 0 spiro atoms. The predicted octanol–water partition coefficient (Wildman–Crippen LogP) is 3.56. The second kappa shape index (κ2) is 6.16. The van der Waals surface area contributed by atoms with Crippen molar-refractivity contribution in [3.8, 4) is 0 Å². The highest BCUT2D eigenvalue weighted by Gasteiger charge is 2.37. The highest BCUT2D eigenvalue weighted by Crippen LogP contribution is 2.46. The fourth-order valence-corrected chi connectivity index (χ4v) is 5.10.